The van der Waals surface area contributed by atoms with Crippen molar-refractivity contribution in [1.82, 2.24) is 4.98 Å². The summed E-state index contributed by atoms with van der Waals surface area (Å²) in [5.74, 6) is -0.846. The molecule has 0 saturated heterocycles. The Kier molecular flexibility index (Phi) is 3.76. The van der Waals surface area contributed by atoms with Gasteiger partial charge in [0.1, 0.15) is 28.2 Å². The minimum Gasteiger partial charge on any atom is -0.456 e. The molecule has 98 valence electrons. The monoisotopic (exact) mass is 273 g/mol. The quantitative estimate of drug-likeness (QED) is 0.383. The number of rotatable bonds is 2. The molecule has 0 unspecified atom stereocenters. The fourth-order valence-corrected chi connectivity index (χ4v) is 1.39. The van der Waals surface area contributed by atoms with Gasteiger partial charge in [-0.25, -0.2) is 9.78 Å². The topological polar surface area (TPSA) is 108 Å². The van der Waals surface area contributed by atoms with Gasteiger partial charge in [0.05, 0.1) is 4.92 Å². The van der Waals surface area contributed by atoms with Crippen molar-refractivity contribution in [3.8, 4) is 0 Å². The van der Waals surface area contributed by atoms with Crippen LogP contribution in [-0.4, -0.2) is 21.5 Å². The Morgan fingerprint density at radius 1 is 1.56 bits per heavy atom. The van der Waals surface area contributed by atoms with E-state index in [1.807, 2.05) is 0 Å². The molecule has 0 fully saturated rings. The molecule has 0 aliphatic carbocycles. The standard InChI is InChI=1S/C10H12ClN3O4/c1-10(2,3)18-9(15)6-7(12)5(14(16)17)4-13-8(6)11/h4H,1-3H3,(H2,12,13). The first kappa shape index (κ1) is 14.2. The van der Waals surface area contributed by atoms with Crippen molar-refractivity contribution in [1.29, 1.82) is 0 Å². The van der Waals surface area contributed by atoms with E-state index in [-0.39, 0.29) is 16.4 Å². The number of pyridine rings is 1. The van der Waals surface area contributed by atoms with Gasteiger partial charge in [0.25, 0.3) is 0 Å². The zero-order chi connectivity index (χ0) is 14.1. The predicted octanol–water partition coefficient (Wildman–Crippen LogP) is 2.18. The zero-order valence-corrected chi connectivity index (χ0v) is 10.8. The summed E-state index contributed by atoms with van der Waals surface area (Å²) in [5, 5.41) is 10.5. The van der Waals surface area contributed by atoms with E-state index in [1.165, 1.54) is 0 Å². The summed E-state index contributed by atoms with van der Waals surface area (Å²) >= 11 is 5.72. The number of hydrogen-bond acceptors (Lipinski definition) is 6. The number of nitrogens with two attached hydrogens (primary N) is 1. The minimum absolute atomic E-state index is 0.229. The summed E-state index contributed by atoms with van der Waals surface area (Å²) in [6, 6.07) is 0. The molecule has 0 aliphatic rings. The second-order valence-corrected chi connectivity index (χ2v) is 4.84. The molecule has 0 atom stereocenters. The van der Waals surface area contributed by atoms with E-state index in [9.17, 15) is 14.9 Å². The number of anilines is 1. The Balaban J connectivity index is 3.28. The molecule has 0 bridgehead atoms. The van der Waals surface area contributed by atoms with Gasteiger partial charge >= 0.3 is 11.7 Å². The Bertz CT molecular complexity index is 511. The number of hydrogen-bond donors (Lipinski definition) is 1. The lowest BCUT2D eigenvalue weighted by atomic mass is 10.1. The van der Waals surface area contributed by atoms with Gasteiger partial charge < -0.3 is 10.5 Å². The Morgan fingerprint density at radius 2 is 2.11 bits per heavy atom. The number of halogens is 1. The highest BCUT2D eigenvalue weighted by atomic mass is 35.5. The van der Waals surface area contributed by atoms with Crippen molar-refractivity contribution < 1.29 is 14.5 Å². The lowest BCUT2D eigenvalue weighted by molar-refractivity contribution is -0.384. The lowest BCUT2D eigenvalue weighted by Crippen LogP contribution is -2.25. The maximum Gasteiger partial charge on any atom is 0.344 e. The van der Waals surface area contributed by atoms with E-state index >= 15 is 0 Å². The van der Waals surface area contributed by atoms with Crippen molar-refractivity contribution in [3.63, 3.8) is 0 Å². The molecular weight excluding hydrogens is 262 g/mol. The van der Waals surface area contributed by atoms with Crippen molar-refractivity contribution in [2.75, 3.05) is 5.73 Å². The number of nitrogens with zero attached hydrogens (tertiary/aromatic N) is 2. The molecule has 0 saturated carbocycles. The average molecular weight is 274 g/mol. The maximum absolute atomic E-state index is 11.8. The molecule has 8 heteroatoms. The summed E-state index contributed by atoms with van der Waals surface area (Å²) in [4.78, 5) is 25.3. The summed E-state index contributed by atoms with van der Waals surface area (Å²) in [7, 11) is 0. The summed E-state index contributed by atoms with van der Waals surface area (Å²) in [6.45, 7) is 4.96. The van der Waals surface area contributed by atoms with Gasteiger partial charge in [0, 0.05) is 0 Å². The van der Waals surface area contributed by atoms with Crippen LogP contribution in [0.25, 0.3) is 0 Å². The number of ether oxygens (including phenoxy) is 1. The van der Waals surface area contributed by atoms with Crippen LogP contribution in [-0.2, 0) is 4.74 Å². The number of aromatic nitrogens is 1. The predicted molar refractivity (Wildman–Crippen MR) is 65.5 cm³/mol. The molecule has 1 aromatic heterocycles. The van der Waals surface area contributed by atoms with Crippen LogP contribution in [0.3, 0.4) is 0 Å². The second kappa shape index (κ2) is 4.77. The van der Waals surface area contributed by atoms with Crippen LogP contribution in [0.1, 0.15) is 31.1 Å². The minimum atomic E-state index is -0.846. The first-order valence-electron chi connectivity index (χ1n) is 4.95. The third-order valence-electron chi connectivity index (χ3n) is 1.85. The highest BCUT2D eigenvalue weighted by Gasteiger charge is 2.27. The second-order valence-electron chi connectivity index (χ2n) is 4.48. The van der Waals surface area contributed by atoms with Gasteiger partial charge in [-0.15, -0.1) is 0 Å². The van der Waals surface area contributed by atoms with Crippen molar-refractivity contribution in [3.05, 3.63) is 27.0 Å². The van der Waals surface area contributed by atoms with E-state index < -0.39 is 22.2 Å². The normalized spacial score (nSPS) is 11.1. The number of carbonyl (C=O) groups excluding carboxylic acids is 1. The zero-order valence-electron chi connectivity index (χ0n) is 10.1. The molecule has 1 aromatic rings. The van der Waals surface area contributed by atoms with Crippen molar-refractivity contribution in [2.45, 2.75) is 26.4 Å². The van der Waals surface area contributed by atoms with Crippen LogP contribution in [0.2, 0.25) is 5.15 Å². The fraction of sp³-hybridized carbons (Fsp3) is 0.400. The maximum atomic E-state index is 11.8. The van der Waals surface area contributed by atoms with Crippen LogP contribution in [0, 0.1) is 10.1 Å². The van der Waals surface area contributed by atoms with E-state index in [2.05, 4.69) is 4.98 Å². The Morgan fingerprint density at radius 3 is 2.56 bits per heavy atom. The number of nitro groups is 1. The fourth-order valence-electron chi connectivity index (χ4n) is 1.16. The Labute approximate surface area is 108 Å². The third kappa shape index (κ3) is 3.07. The molecule has 0 aliphatic heterocycles. The molecule has 0 spiro atoms. The largest absolute Gasteiger partial charge is 0.456 e. The average Bonchev–Trinajstić information content (AvgIpc) is 2.13. The van der Waals surface area contributed by atoms with E-state index in [0.717, 1.165) is 6.20 Å². The first-order valence-corrected chi connectivity index (χ1v) is 5.33. The Hall–Kier alpha value is -1.89. The molecule has 7 nitrogen and oxygen atoms in total. The third-order valence-corrected chi connectivity index (χ3v) is 2.14. The van der Waals surface area contributed by atoms with E-state index in [1.54, 1.807) is 20.8 Å². The van der Waals surface area contributed by atoms with Crippen molar-refractivity contribution in [2.24, 2.45) is 0 Å². The van der Waals surface area contributed by atoms with Gasteiger partial charge in [0.15, 0.2) is 0 Å². The van der Waals surface area contributed by atoms with E-state index in [4.69, 9.17) is 22.1 Å². The van der Waals surface area contributed by atoms with E-state index in [0.29, 0.717) is 0 Å². The summed E-state index contributed by atoms with van der Waals surface area (Å²) in [6.07, 6.45) is 0.894. The van der Waals surface area contributed by atoms with Gasteiger partial charge in [-0.2, -0.15) is 0 Å². The smallest absolute Gasteiger partial charge is 0.344 e. The van der Waals surface area contributed by atoms with Crippen LogP contribution in [0.4, 0.5) is 11.4 Å². The van der Waals surface area contributed by atoms with Crippen molar-refractivity contribution >= 4 is 28.9 Å². The van der Waals surface area contributed by atoms with Crippen LogP contribution in [0.15, 0.2) is 6.20 Å². The van der Waals surface area contributed by atoms with Gasteiger partial charge in [-0.05, 0) is 20.8 Å². The first-order chi connectivity index (χ1) is 8.13. The molecule has 1 rings (SSSR count). The number of carbonyl (C=O) groups is 1. The highest BCUT2D eigenvalue weighted by molar-refractivity contribution is 6.33. The molecule has 2 N–H and O–H groups in total. The molecule has 0 aromatic carbocycles. The van der Waals surface area contributed by atoms with Crippen LogP contribution >= 0.6 is 11.6 Å². The molecular formula is C10H12ClN3O4. The van der Waals surface area contributed by atoms with Gasteiger partial charge in [0.2, 0.25) is 0 Å². The molecule has 1 heterocycles. The highest BCUT2D eigenvalue weighted by Crippen LogP contribution is 2.30. The molecule has 0 radical (unpaired) electrons. The molecule has 18 heavy (non-hydrogen) atoms. The van der Waals surface area contributed by atoms with Crippen LogP contribution in [0.5, 0.6) is 0 Å². The van der Waals surface area contributed by atoms with Crippen LogP contribution < -0.4 is 5.73 Å². The summed E-state index contributed by atoms with van der Waals surface area (Å²) in [5.41, 5.74) is 3.64. The summed E-state index contributed by atoms with van der Waals surface area (Å²) < 4.78 is 5.05. The van der Waals surface area contributed by atoms with Gasteiger partial charge in [-0.3, -0.25) is 10.1 Å². The number of esters is 1. The van der Waals surface area contributed by atoms with Gasteiger partial charge in [-0.1, -0.05) is 11.6 Å². The number of nitrogen functional groups attached to an aromatic ring is 1. The SMILES string of the molecule is CC(C)(C)OC(=O)c1c(Cl)ncc([N+](=O)[O-])c1N. The lowest BCUT2D eigenvalue weighted by Gasteiger charge is -2.20. The molecule has 0 amide bonds.